The molecule has 144 valence electrons. The molecule has 0 radical (unpaired) electrons. The number of hydrazone groups is 1. The van der Waals surface area contributed by atoms with Gasteiger partial charge in [-0.25, -0.2) is 5.01 Å². The van der Waals surface area contributed by atoms with Gasteiger partial charge in [-0.2, -0.15) is 5.10 Å². The fourth-order valence-corrected chi connectivity index (χ4v) is 4.15. The average Bonchev–Trinajstić information content (AvgIpc) is 3.40. The van der Waals surface area contributed by atoms with E-state index in [1.807, 2.05) is 53.5 Å². The first-order valence-electron chi connectivity index (χ1n) is 9.56. The van der Waals surface area contributed by atoms with Gasteiger partial charge in [-0.3, -0.25) is 0 Å². The maximum atomic E-state index is 9.61. The number of nitrogens with zero attached hydrogens (tertiary/aromatic N) is 2. The van der Waals surface area contributed by atoms with Crippen LogP contribution in [-0.2, 0) is 0 Å². The second kappa shape index (κ2) is 6.17. The third-order valence-corrected chi connectivity index (χ3v) is 5.58. The lowest BCUT2D eigenvalue weighted by Gasteiger charge is -2.38. The number of para-hydroxylation sites is 1. The van der Waals surface area contributed by atoms with Gasteiger partial charge in [-0.15, -0.1) is 0 Å². The van der Waals surface area contributed by atoms with Crippen molar-refractivity contribution in [1.29, 1.82) is 0 Å². The van der Waals surface area contributed by atoms with Crippen molar-refractivity contribution in [3.63, 3.8) is 0 Å². The Labute approximate surface area is 167 Å². The molecule has 3 aliphatic heterocycles. The number of phenolic OH excluding ortho intramolecular Hbond substituents is 1. The van der Waals surface area contributed by atoms with Crippen molar-refractivity contribution >= 4 is 5.71 Å². The minimum absolute atomic E-state index is 0.0826. The van der Waals surface area contributed by atoms with Gasteiger partial charge in [0.25, 0.3) is 0 Å². The van der Waals surface area contributed by atoms with E-state index in [1.54, 1.807) is 12.1 Å². The number of hydrogen-bond acceptors (Lipinski definition) is 6. The standard InChI is InChI=1S/C23H18N2O4/c26-16-8-5-14(6-9-16)18-12-19-17-3-1-2-4-20(17)29-23(25(19)24-18)15-7-10-21-22(11-15)28-13-27-21/h1-11,19,23,26H,12-13H2. The maximum Gasteiger partial charge on any atom is 0.231 e. The number of aromatic hydroxyl groups is 1. The van der Waals surface area contributed by atoms with Crippen molar-refractivity contribution in [2.75, 3.05) is 6.79 Å². The van der Waals surface area contributed by atoms with E-state index in [0.717, 1.165) is 46.1 Å². The van der Waals surface area contributed by atoms with Crippen LogP contribution in [0.3, 0.4) is 0 Å². The van der Waals surface area contributed by atoms with Crippen LogP contribution in [0.5, 0.6) is 23.0 Å². The first-order chi connectivity index (χ1) is 14.3. The molecule has 6 nitrogen and oxygen atoms in total. The molecule has 2 unspecified atom stereocenters. The van der Waals surface area contributed by atoms with E-state index >= 15 is 0 Å². The molecule has 29 heavy (non-hydrogen) atoms. The molecular formula is C23H18N2O4. The highest BCUT2D eigenvalue weighted by Gasteiger charge is 2.41. The first kappa shape index (κ1) is 16.3. The molecule has 0 aromatic heterocycles. The molecule has 3 aliphatic rings. The van der Waals surface area contributed by atoms with E-state index in [-0.39, 0.29) is 24.8 Å². The lowest BCUT2D eigenvalue weighted by Crippen LogP contribution is -2.33. The van der Waals surface area contributed by atoms with E-state index in [0.29, 0.717) is 0 Å². The third kappa shape index (κ3) is 2.60. The number of ether oxygens (including phenoxy) is 3. The quantitative estimate of drug-likeness (QED) is 0.709. The van der Waals surface area contributed by atoms with Crippen LogP contribution in [0.1, 0.15) is 35.4 Å². The second-order valence-electron chi connectivity index (χ2n) is 7.31. The normalized spacial score (nSPS) is 21.2. The smallest absolute Gasteiger partial charge is 0.231 e. The Bertz CT molecular complexity index is 1130. The van der Waals surface area contributed by atoms with E-state index in [1.165, 1.54) is 0 Å². The molecule has 0 aliphatic carbocycles. The predicted molar refractivity (Wildman–Crippen MR) is 106 cm³/mol. The molecular weight excluding hydrogens is 368 g/mol. The van der Waals surface area contributed by atoms with Crippen LogP contribution in [0.2, 0.25) is 0 Å². The van der Waals surface area contributed by atoms with E-state index in [4.69, 9.17) is 19.3 Å². The van der Waals surface area contributed by atoms with Crippen LogP contribution in [0.4, 0.5) is 0 Å². The Morgan fingerprint density at radius 2 is 1.72 bits per heavy atom. The minimum atomic E-state index is -0.362. The lowest BCUT2D eigenvalue weighted by molar-refractivity contribution is -0.0191. The van der Waals surface area contributed by atoms with Crippen molar-refractivity contribution in [1.82, 2.24) is 5.01 Å². The van der Waals surface area contributed by atoms with Crippen molar-refractivity contribution < 1.29 is 19.3 Å². The van der Waals surface area contributed by atoms with Crippen LogP contribution >= 0.6 is 0 Å². The molecule has 6 heteroatoms. The summed E-state index contributed by atoms with van der Waals surface area (Å²) in [6, 6.07) is 21.2. The predicted octanol–water partition coefficient (Wildman–Crippen LogP) is 4.36. The van der Waals surface area contributed by atoms with E-state index in [2.05, 4.69) is 6.07 Å². The van der Waals surface area contributed by atoms with Crippen LogP contribution < -0.4 is 14.2 Å². The highest BCUT2D eigenvalue weighted by atomic mass is 16.7. The van der Waals surface area contributed by atoms with E-state index < -0.39 is 0 Å². The Kier molecular flexibility index (Phi) is 3.47. The molecule has 0 saturated heterocycles. The van der Waals surface area contributed by atoms with Gasteiger partial charge in [0, 0.05) is 17.5 Å². The summed E-state index contributed by atoms with van der Waals surface area (Å²) in [6.45, 7) is 0.239. The number of hydrogen-bond donors (Lipinski definition) is 1. The van der Waals surface area contributed by atoms with Gasteiger partial charge in [0.05, 0.1) is 11.8 Å². The van der Waals surface area contributed by atoms with Crippen LogP contribution in [0.25, 0.3) is 0 Å². The molecule has 3 aromatic rings. The van der Waals surface area contributed by atoms with Crippen LogP contribution in [-0.4, -0.2) is 22.6 Å². The fraction of sp³-hybridized carbons (Fsp3) is 0.174. The van der Waals surface area contributed by atoms with Crippen molar-refractivity contribution in [2.45, 2.75) is 18.7 Å². The van der Waals surface area contributed by atoms with Crippen LogP contribution in [0.15, 0.2) is 71.8 Å². The zero-order chi connectivity index (χ0) is 19.4. The van der Waals surface area contributed by atoms with Crippen molar-refractivity contribution in [3.05, 3.63) is 83.4 Å². The van der Waals surface area contributed by atoms with Gasteiger partial charge in [-0.05, 0) is 54.1 Å². The topological polar surface area (TPSA) is 63.5 Å². The lowest BCUT2D eigenvalue weighted by atomic mass is 9.96. The van der Waals surface area contributed by atoms with Gasteiger partial charge in [0.15, 0.2) is 11.5 Å². The zero-order valence-electron chi connectivity index (χ0n) is 15.5. The van der Waals surface area contributed by atoms with Gasteiger partial charge < -0.3 is 19.3 Å². The van der Waals surface area contributed by atoms with Crippen LogP contribution in [0, 0.1) is 0 Å². The number of rotatable bonds is 2. The molecule has 0 bridgehead atoms. The van der Waals surface area contributed by atoms with Gasteiger partial charge >= 0.3 is 0 Å². The summed E-state index contributed by atoms with van der Waals surface area (Å²) < 4.78 is 17.4. The van der Waals surface area contributed by atoms with Crippen molar-refractivity contribution in [3.8, 4) is 23.0 Å². The van der Waals surface area contributed by atoms with Gasteiger partial charge in [0.2, 0.25) is 13.0 Å². The largest absolute Gasteiger partial charge is 0.508 e. The zero-order valence-corrected chi connectivity index (χ0v) is 15.5. The fourth-order valence-electron chi connectivity index (χ4n) is 4.15. The average molecular weight is 386 g/mol. The SMILES string of the molecule is Oc1ccc(C2=NN3C(C2)c2ccccc2OC3c2ccc3c(c2)OCO3)cc1. The molecule has 3 heterocycles. The summed E-state index contributed by atoms with van der Waals surface area (Å²) >= 11 is 0. The number of benzene rings is 3. The summed E-state index contributed by atoms with van der Waals surface area (Å²) in [4.78, 5) is 0. The summed E-state index contributed by atoms with van der Waals surface area (Å²) in [6.07, 6.45) is 0.408. The van der Waals surface area contributed by atoms with E-state index in [9.17, 15) is 5.11 Å². The molecule has 3 aromatic carbocycles. The van der Waals surface area contributed by atoms with Gasteiger partial charge in [-0.1, -0.05) is 18.2 Å². The summed E-state index contributed by atoms with van der Waals surface area (Å²) in [5, 5.41) is 16.6. The summed E-state index contributed by atoms with van der Waals surface area (Å²) in [7, 11) is 0. The van der Waals surface area contributed by atoms with Crippen molar-refractivity contribution in [2.24, 2.45) is 5.10 Å². The molecule has 2 atom stereocenters. The Balaban J connectivity index is 1.44. The maximum absolute atomic E-state index is 9.61. The summed E-state index contributed by atoms with van der Waals surface area (Å²) in [5.41, 5.74) is 4.06. The molecule has 0 spiro atoms. The monoisotopic (exact) mass is 386 g/mol. The molecule has 1 N–H and O–H groups in total. The minimum Gasteiger partial charge on any atom is -0.508 e. The Morgan fingerprint density at radius 3 is 2.62 bits per heavy atom. The Hall–Kier alpha value is -3.67. The molecule has 6 rings (SSSR count). The number of phenols is 1. The third-order valence-electron chi connectivity index (χ3n) is 5.58. The second-order valence-corrected chi connectivity index (χ2v) is 7.31. The first-order valence-corrected chi connectivity index (χ1v) is 9.56. The number of fused-ring (bicyclic) bond motifs is 4. The Morgan fingerprint density at radius 1 is 0.897 bits per heavy atom. The molecule has 0 fully saturated rings. The highest BCUT2D eigenvalue weighted by molar-refractivity contribution is 6.02. The highest BCUT2D eigenvalue weighted by Crippen LogP contribution is 2.48. The summed E-state index contributed by atoms with van der Waals surface area (Å²) in [5.74, 6) is 2.59. The molecule has 0 amide bonds. The molecule has 0 saturated carbocycles. The van der Waals surface area contributed by atoms with Gasteiger partial charge in [0.1, 0.15) is 11.5 Å².